The summed E-state index contributed by atoms with van der Waals surface area (Å²) >= 11 is 3.36. The van der Waals surface area contributed by atoms with Gasteiger partial charge in [0.15, 0.2) is 0 Å². The summed E-state index contributed by atoms with van der Waals surface area (Å²) in [5.41, 5.74) is 1.11. The Hall–Kier alpha value is -1.01. The topological polar surface area (TPSA) is 32.3 Å². The van der Waals surface area contributed by atoms with E-state index in [9.17, 15) is 13.6 Å². The van der Waals surface area contributed by atoms with E-state index >= 15 is 0 Å². The van der Waals surface area contributed by atoms with Gasteiger partial charge in [0.1, 0.15) is 0 Å². The van der Waals surface area contributed by atoms with Gasteiger partial charge in [0.05, 0.1) is 12.6 Å². The van der Waals surface area contributed by atoms with Gasteiger partial charge in [-0.25, -0.2) is 8.78 Å². The standard InChI is InChI=1S/C14H17BrF2N2O/c1-19(7-6-10-2-4-11(15)5-3-10)13(20)12-8-14(16,17)9-18-12/h2-5,12,18H,6-9H2,1H3. The molecule has 1 amide bonds. The molecule has 0 aromatic heterocycles. The molecule has 0 saturated carbocycles. The summed E-state index contributed by atoms with van der Waals surface area (Å²) in [6.07, 6.45) is 0.299. The average Bonchev–Trinajstić information content (AvgIpc) is 2.77. The number of carbonyl (C=O) groups is 1. The number of hydrogen-bond donors (Lipinski definition) is 1. The van der Waals surface area contributed by atoms with E-state index in [4.69, 9.17) is 0 Å². The minimum Gasteiger partial charge on any atom is -0.344 e. The van der Waals surface area contributed by atoms with Crippen LogP contribution in [-0.2, 0) is 11.2 Å². The normalized spacial score (nSPS) is 20.9. The van der Waals surface area contributed by atoms with Gasteiger partial charge in [-0.05, 0) is 24.1 Å². The lowest BCUT2D eigenvalue weighted by Crippen LogP contribution is -2.42. The van der Waals surface area contributed by atoms with Crippen molar-refractivity contribution in [1.29, 1.82) is 0 Å². The largest absolute Gasteiger partial charge is 0.344 e. The van der Waals surface area contributed by atoms with Crippen LogP contribution in [0.1, 0.15) is 12.0 Å². The maximum absolute atomic E-state index is 13.1. The van der Waals surface area contributed by atoms with Crippen LogP contribution in [0.15, 0.2) is 28.7 Å². The molecular weight excluding hydrogens is 330 g/mol. The minimum absolute atomic E-state index is 0.265. The van der Waals surface area contributed by atoms with E-state index in [1.54, 1.807) is 7.05 Å². The molecule has 0 spiro atoms. The number of rotatable bonds is 4. The summed E-state index contributed by atoms with van der Waals surface area (Å²) in [6, 6.07) is 7.07. The summed E-state index contributed by atoms with van der Waals surface area (Å²) in [4.78, 5) is 13.5. The van der Waals surface area contributed by atoms with Gasteiger partial charge in [0, 0.05) is 24.5 Å². The van der Waals surface area contributed by atoms with Gasteiger partial charge in [0.2, 0.25) is 5.91 Å². The predicted molar refractivity (Wildman–Crippen MR) is 76.8 cm³/mol. The fraction of sp³-hybridized carbons (Fsp3) is 0.500. The van der Waals surface area contributed by atoms with Crippen LogP contribution in [0.2, 0.25) is 0 Å². The first-order valence-corrected chi connectivity index (χ1v) is 7.27. The highest BCUT2D eigenvalue weighted by Crippen LogP contribution is 2.25. The Balaban J connectivity index is 1.84. The lowest BCUT2D eigenvalue weighted by atomic mass is 10.1. The third-order valence-corrected chi connectivity index (χ3v) is 3.96. The summed E-state index contributed by atoms with van der Waals surface area (Å²) in [6.45, 7) is 0.105. The fourth-order valence-corrected chi connectivity index (χ4v) is 2.48. The molecule has 1 N–H and O–H groups in total. The number of alkyl halides is 2. The second-order valence-corrected chi connectivity index (χ2v) is 6.05. The smallest absolute Gasteiger partial charge is 0.262 e. The zero-order valence-corrected chi connectivity index (χ0v) is 12.8. The first kappa shape index (κ1) is 15.4. The summed E-state index contributed by atoms with van der Waals surface area (Å²) in [7, 11) is 1.65. The Morgan fingerprint density at radius 1 is 1.45 bits per heavy atom. The molecule has 1 aromatic rings. The van der Waals surface area contributed by atoms with E-state index in [-0.39, 0.29) is 5.91 Å². The maximum atomic E-state index is 13.1. The second-order valence-electron chi connectivity index (χ2n) is 5.13. The number of hydrogen-bond acceptors (Lipinski definition) is 2. The molecule has 1 fully saturated rings. The minimum atomic E-state index is -2.77. The van der Waals surface area contributed by atoms with Crippen molar-refractivity contribution < 1.29 is 13.6 Å². The number of nitrogens with one attached hydrogen (secondary N) is 1. The molecule has 1 saturated heterocycles. The third kappa shape index (κ3) is 3.99. The molecule has 1 unspecified atom stereocenters. The van der Waals surface area contributed by atoms with Crippen LogP contribution in [-0.4, -0.2) is 42.9 Å². The van der Waals surface area contributed by atoms with Gasteiger partial charge in [-0.15, -0.1) is 0 Å². The van der Waals surface area contributed by atoms with Crippen LogP contribution in [0.3, 0.4) is 0 Å². The van der Waals surface area contributed by atoms with Crippen LogP contribution < -0.4 is 5.32 Å². The van der Waals surface area contributed by atoms with Crippen molar-refractivity contribution >= 4 is 21.8 Å². The van der Waals surface area contributed by atoms with Gasteiger partial charge in [0.25, 0.3) is 5.92 Å². The summed E-state index contributed by atoms with van der Waals surface area (Å²) in [5, 5.41) is 2.59. The van der Waals surface area contributed by atoms with Gasteiger partial charge >= 0.3 is 0 Å². The van der Waals surface area contributed by atoms with Crippen LogP contribution in [0.4, 0.5) is 8.78 Å². The molecule has 6 heteroatoms. The van der Waals surface area contributed by atoms with Crippen molar-refractivity contribution in [2.24, 2.45) is 0 Å². The summed E-state index contributed by atoms with van der Waals surface area (Å²) < 4.78 is 27.1. The Bertz CT molecular complexity index is 479. The Labute approximate surface area is 125 Å². The molecule has 3 nitrogen and oxygen atoms in total. The number of halogens is 3. The fourth-order valence-electron chi connectivity index (χ4n) is 2.21. The summed E-state index contributed by atoms with van der Waals surface area (Å²) in [5.74, 6) is -3.04. The SMILES string of the molecule is CN(CCc1ccc(Br)cc1)C(=O)C1CC(F)(F)CN1. The highest BCUT2D eigenvalue weighted by atomic mass is 79.9. The molecule has 1 aliphatic rings. The first-order chi connectivity index (χ1) is 9.37. The Morgan fingerprint density at radius 3 is 2.65 bits per heavy atom. The van der Waals surface area contributed by atoms with Crippen molar-refractivity contribution in [2.75, 3.05) is 20.1 Å². The molecule has 110 valence electrons. The molecule has 0 aliphatic carbocycles. The van der Waals surface area contributed by atoms with Crippen molar-refractivity contribution in [2.45, 2.75) is 24.8 Å². The zero-order valence-electron chi connectivity index (χ0n) is 11.2. The monoisotopic (exact) mass is 346 g/mol. The number of nitrogens with zero attached hydrogens (tertiary/aromatic N) is 1. The van der Waals surface area contributed by atoms with Gasteiger partial charge in [-0.1, -0.05) is 28.1 Å². The molecule has 1 aliphatic heterocycles. The lowest BCUT2D eigenvalue weighted by Gasteiger charge is -2.21. The molecule has 20 heavy (non-hydrogen) atoms. The van der Waals surface area contributed by atoms with Crippen molar-refractivity contribution in [3.8, 4) is 0 Å². The van der Waals surface area contributed by atoms with Crippen LogP contribution in [0.5, 0.6) is 0 Å². The predicted octanol–water partition coefficient (Wildman–Crippen LogP) is 2.45. The molecule has 2 rings (SSSR count). The van der Waals surface area contributed by atoms with E-state index in [1.807, 2.05) is 24.3 Å². The molecular formula is C14H17BrF2N2O. The number of benzene rings is 1. The number of likely N-dealkylation sites (N-methyl/N-ethyl adjacent to an activating group) is 1. The second kappa shape index (κ2) is 6.18. The van der Waals surface area contributed by atoms with Gasteiger partial charge < -0.3 is 4.90 Å². The maximum Gasteiger partial charge on any atom is 0.262 e. The molecule has 1 aromatic carbocycles. The van der Waals surface area contributed by atoms with Crippen molar-refractivity contribution in [3.05, 3.63) is 34.3 Å². The van der Waals surface area contributed by atoms with Crippen LogP contribution in [0, 0.1) is 0 Å². The van der Waals surface area contributed by atoms with Gasteiger partial charge in [-0.3, -0.25) is 10.1 Å². The molecule has 1 heterocycles. The quantitative estimate of drug-likeness (QED) is 0.908. The first-order valence-electron chi connectivity index (χ1n) is 6.48. The molecule has 0 radical (unpaired) electrons. The Morgan fingerprint density at radius 2 is 2.10 bits per heavy atom. The lowest BCUT2D eigenvalue weighted by molar-refractivity contribution is -0.132. The molecule has 1 atom stereocenters. The number of amides is 1. The van der Waals surface area contributed by atoms with E-state index < -0.39 is 24.9 Å². The van der Waals surface area contributed by atoms with E-state index in [0.29, 0.717) is 13.0 Å². The molecule has 0 bridgehead atoms. The highest BCUT2D eigenvalue weighted by molar-refractivity contribution is 9.10. The Kier molecular flexibility index (Phi) is 4.75. The van der Waals surface area contributed by atoms with Crippen LogP contribution >= 0.6 is 15.9 Å². The van der Waals surface area contributed by atoms with E-state index in [0.717, 1.165) is 10.0 Å². The average molecular weight is 347 g/mol. The van der Waals surface area contributed by atoms with Gasteiger partial charge in [-0.2, -0.15) is 0 Å². The highest BCUT2D eigenvalue weighted by Gasteiger charge is 2.42. The zero-order chi connectivity index (χ0) is 14.8. The van der Waals surface area contributed by atoms with Crippen LogP contribution in [0.25, 0.3) is 0 Å². The van der Waals surface area contributed by atoms with Crippen molar-refractivity contribution in [1.82, 2.24) is 10.2 Å². The van der Waals surface area contributed by atoms with E-state index in [2.05, 4.69) is 21.2 Å². The third-order valence-electron chi connectivity index (χ3n) is 3.43. The van der Waals surface area contributed by atoms with Crippen molar-refractivity contribution in [3.63, 3.8) is 0 Å². The number of carbonyl (C=O) groups excluding carboxylic acids is 1. The van der Waals surface area contributed by atoms with E-state index in [1.165, 1.54) is 4.90 Å².